The molecular weight excluding hydrogens is 448 g/mol. The van der Waals surface area contributed by atoms with E-state index in [2.05, 4.69) is 26.1 Å². The van der Waals surface area contributed by atoms with Gasteiger partial charge in [0, 0.05) is 18.6 Å². The quantitative estimate of drug-likeness (QED) is 0.470. The second-order valence-corrected chi connectivity index (χ2v) is 8.55. The van der Waals surface area contributed by atoms with E-state index in [9.17, 15) is 4.79 Å². The Kier molecular flexibility index (Phi) is 6.92. The van der Waals surface area contributed by atoms with Crippen LogP contribution in [0, 0.1) is 0 Å². The molecule has 0 spiro atoms. The monoisotopic (exact) mass is 466 g/mol. The van der Waals surface area contributed by atoms with Crippen LogP contribution in [-0.2, 0) is 11.8 Å². The van der Waals surface area contributed by atoms with Gasteiger partial charge in [0.15, 0.2) is 11.0 Å². The Balaban J connectivity index is 1.45. The molecule has 1 amide bonds. The third-order valence-corrected chi connectivity index (χ3v) is 6.24. The normalized spacial score (nSPS) is 10.8. The minimum atomic E-state index is 0.0279. The number of carbonyl (C=O) groups is 1. The minimum absolute atomic E-state index is 0.0279. The van der Waals surface area contributed by atoms with E-state index in [1.165, 1.54) is 11.8 Å². The van der Waals surface area contributed by atoms with Gasteiger partial charge in [-0.1, -0.05) is 33.8 Å². The summed E-state index contributed by atoms with van der Waals surface area (Å²) in [6.07, 6.45) is 0. The van der Waals surface area contributed by atoms with Gasteiger partial charge in [0.25, 0.3) is 0 Å². The zero-order valence-electron chi connectivity index (χ0n) is 15.0. The first kappa shape index (κ1) is 19.9. The highest BCUT2D eigenvalue weighted by Crippen LogP contribution is 2.26. The Morgan fingerprint density at radius 3 is 2.78 bits per heavy atom. The SMILES string of the molecule is CN(CCOc1ccc(Br)cc1)C(=O)CSc1nnc(-c2cccs2)n1C. The Hall–Kier alpha value is -1.84. The van der Waals surface area contributed by atoms with Crippen LogP contribution >= 0.6 is 39.0 Å². The number of aromatic nitrogens is 3. The fourth-order valence-corrected chi connectivity index (χ4v) is 4.11. The number of hydrogen-bond donors (Lipinski definition) is 0. The lowest BCUT2D eigenvalue weighted by Gasteiger charge is -2.17. The molecular formula is C18H19BrN4O2S2. The summed E-state index contributed by atoms with van der Waals surface area (Å²) in [4.78, 5) is 15.1. The van der Waals surface area contributed by atoms with Crippen molar-refractivity contribution in [3.05, 3.63) is 46.3 Å². The van der Waals surface area contributed by atoms with Gasteiger partial charge in [0.2, 0.25) is 5.91 Å². The van der Waals surface area contributed by atoms with Crippen molar-refractivity contribution in [2.75, 3.05) is 26.0 Å². The number of carbonyl (C=O) groups excluding carboxylic acids is 1. The van der Waals surface area contributed by atoms with Gasteiger partial charge in [-0.05, 0) is 35.7 Å². The van der Waals surface area contributed by atoms with Gasteiger partial charge in [-0.25, -0.2) is 0 Å². The summed E-state index contributed by atoms with van der Waals surface area (Å²) >= 11 is 6.39. The van der Waals surface area contributed by atoms with Gasteiger partial charge in [0.1, 0.15) is 12.4 Å². The van der Waals surface area contributed by atoms with Crippen molar-refractivity contribution >= 4 is 44.9 Å². The standard InChI is InChI=1S/C18H19BrN4O2S2/c1-22(9-10-25-14-7-5-13(19)6-8-14)16(24)12-27-18-21-20-17(23(18)2)15-4-3-11-26-15/h3-8,11H,9-10,12H2,1-2H3. The zero-order chi connectivity index (χ0) is 19.2. The number of halogens is 1. The maximum Gasteiger partial charge on any atom is 0.232 e. The molecule has 0 radical (unpaired) electrons. The molecule has 27 heavy (non-hydrogen) atoms. The van der Waals surface area contributed by atoms with Crippen molar-refractivity contribution in [2.45, 2.75) is 5.16 Å². The highest BCUT2D eigenvalue weighted by atomic mass is 79.9. The smallest absolute Gasteiger partial charge is 0.232 e. The van der Waals surface area contributed by atoms with Crippen LogP contribution in [0.2, 0.25) is 0 Å². The summed E-state index contributed by atoms with van der Waals surface area (Å²) in [5.74, 6) is 1.94. The molecule has 3 rings (SSSR count). The fraction of sp³-hybridized carbons (Fsp3) is 0.278. The van der Waals surface area contributed by atoms with Crippen molar-refractivity contribution in [1.29, 1.82) is 0 Å². The number of amides is 1. The van der Waals surface area contributed by atoms with Crippen molar-refractivity contribution in [3.8, 4) is 16.5 Å². The molecule has 1 aromatic carbocycles. The third kappa shape index (κ3) is 5.33. The summed E-state index contributed by atoms with van der Waals surface area (Å²) in [6.45, 7) is 0.968. The van der Waals surface area contributed by atoms with Crippen LogP contribution in [0.3, 0.4) is 0 Å². The Morgan fingerprint density at radius 2 is 2.07 bits per heavy atom. The van der Waals surface area contributed by atoms with Crippen LogP contribution in [0.25, 0.3) is 10.7 Å². The molecule has 0 saturated heterocycles. The number of nitrogens with zero attached hydrogens (tertiary/aromatic N) is 4. The first-order valence-corrected chi connectivity index (χ1v) is 10.9. The van der Waals surface area contributed by atoms with Crippen molar-refractivity contribution in [2.24, 2.45) is 7.05 Å². The first-order chi connectivity index (χ1) is 13.0. The molecule has 9 heteroatoms. The number of thioether (sulfide) groups is 1. The first-order valence-electron chi connectivity index (χ1n) is 8.23. The lowest BCUT2D eigenvalue weighted by Crippen LogP contribution is -2.32. The van der Waals surface area contributed by atoms with Crippen molar-refractivity contribution < 1.29 is 9.53 Å². The molecule has 3 aromatic rings. The molecule has 2 aromatic heterocycles. The molecule has 142 valence electrons. The lowest BCUT2D eigenvalue weighted by molar-refractivity contribution is -0.127. The van der Waals surface area contributed by atoms with Gasteiger partial charge in [-0.2, -0.15) is 0 Å². The molecule has 0 aliphatic rings. The summed E-state index contributed by atoms with van der Waals surface area (Å²) in [6, 6.07) is 11.6. The molecule has 0 saturated carbocycles. The van der Waals surface area contributed by atoms with Crippen LogP contribution in [0.5, 0.6) is 5.75 Å². The number of benzene rings is 1. The predicted octanol–water partition coefficient (Wildman–Crippen LogP) is 3.94. The number of ether oxygens (including phenoxy) is 1. The highest BCUT2D eigenvalue weighted by Gasteiger charge is 2.15. The van der Waals surface area contributed by atoms with E-state index in [1.807, 2.05) is 53.4 Å². The van der Waals surface area contributed by atoms with Gasteiger partial charge in [-0.15, -0.1) is 21.5 Å². The topological polar surface area (TPSA) is 60.2 Å². The van der Waals surface area contributed by atoms with E-state index >= 15 is 0 Å². The largest absolute Gasteiger partial charge is 0.492 e. The summed E-state index contributed by atoms with van der Waals surface area (Å²) in [5, 5.41) is 11.2. The Labute approximate surface area is 174 Å². The maximum atomic E-state index is 12.3. The summed E-state index contributed by atoms with van der Waals surface area (Å²) in [5.41, 5.74) is 0. The van der Waals surface area contributed by atoms with E-state index in [1.54, 1.807) is 23.3 Å². The fourth-order valence-electron chi connectivity index (χ4n) is 2.25. The van der Waals surface area contributed by atoms with Crippen LogP contribution in [-0.4, -0.2) is 51.5 Å². The maximum absolute atomic E-state index is 12.3. The highest BCUT2D eigenvalue weighted by molar-refractivity contribution is 9.10. The number of thiophene rings is 1. The van der Waals surface area contributed by atoms with E-state index in [0.29, 0.717) is 18.9 Å². The molecule has 0 aliphatic carbocycles. The molecule has 0 aliphatic heterocycles. The van der Waals surface area contributed by atoms with Crippen LogP contribution in [0.15, 0.2) is 51.4 Å². The van der Waals surface area contributed by atoms with Gasteiger partial charge in [0.05, 0.1) is 17.2 Å². The number of hydrogen-bond acceptors (Lipinski definition) is 6. The van der Waals surface area contributed by atoms with Gasteiger partial charge in [-0.3, -0.25) is 4.79 Å². The average Bonchev–Trinajstić information content (AvgIpc) is 3.31. The number of likely N-dealkylation sites (N-methyl/N-ethyl adjacent to an activating group) is 1. The molecule has 0 unspecified atom stereocenters. The third-order valence-electron chi connectivity index (χ3n) is 3.84. The Bertz CT molecular complexity index is 881. The molecule has 0 atom stereocenters. The van der Waals surface area contributed by atoms with Crippen molar-refractivity contribution in [3.63, 3.8) is 0 Å². The predicted molar refractivity (Wildman–Crippen MR) is 112 cm³/mol. The van der Waals surface area contributed by atoms with Crippen LogP contribution in [0.1, 0.15) is 0 Å². The second kappa shape index (κ2) is 9.38. The van der Waals surface area contributed by atoms with Crippen LogP contribution < -0.4 is 4.74 Å². The molecule has 0 bridgehead atoms. The van der Waals surface area contributed by atoms with Crippen LogP contribution in [0.4, 0.5) is 0 Å². The van der Waals surface area contributed by atoms with E-state index in [-0.39, 0.29) is 5.91 Å². The molecule has 0 fully saturated rings. The summed E-state index contributed by atoms with van der Waals surface area (Å²) in [7, 11) is 3.69. The number of rotatable bonds is 8. The van der Waals surface area contributed by atoms with E-state index < -0.39 is 0 Å². The molecule has 6 nitrogen and oxygen atoms in total. The van der Waals surface area contributed by atoms with Gasteiger partial charge < -0.3 is 14.2 Å². The van der Waals surface area contributed by atoms with Crippen molar-refractivity contribution in [1.82, 2.24) is 19.7 Å². The zero-order valence-corrected chi connectivity index (χ0v) is 18.2. The Morgan fingerprint density at radius 1 is 1.30 bits per heavy atom. The van der Waals surface area contributed by atoms with E-state index in [4.69, 9.17) is 4.74 Å². The molecule has 0 N–H and O–H groups in total. The average molecular weight is 467 g/mol. The van der Waals surface area contributed by atoms with Gasteiger partial charge >= 0.3 is 0 Å². The van der Waals surface area contributed by atoms with E-state index in [0.717, 1.165) is 26.1 Å². The second-order valence-electron chi connectivity index (χ2n) is 5.75. The summed E-state index contributed by atoms with van der Waals surface area (Å²) < 4.78 is 8.58. The lowest BCUT2D eigenvalue weighted by atomic mass is 10.3. The minimum Gasteiger partial charge on any atom is -0.492 e. The molecule has 2 heterocycles.